The molecule has 0 atom stereocenters. The molecule has 6 nitrogen and oxygen atoms in total. The van der Waals surface area contributed by atoms with Crippen LogP contribution in [0.3, 0.4) is 0 Å². The quantitative estimate of drug-likeness (QED) is 0.294. The van der Waals surface area contributed by atoms with Crippen molar-refractivity contribution in [3.05, 3.63) is 47.1 Å². The third-order valence-corrected chi connectivity index (χ3v) is 6.69. The molecule has 7 heteroatoms. The van der Waals surface area contributed by atoms with Gasteiger partial charge in [-0.25, -0.2) is 4.98 Å². The molecule has 4 rings (SSSR count). The summed E-state index contributed by atoms with van der Waals surface area (Å²) >= 11 is 6.10. The molecule has 1 N–H and O–H groups in total. The molecule has 1 aliphatic heterocycles. The van der Waals surface area contributed by atoms with Crippen LogP contribution >= 0.6 is 11.6 Å². The number of hydrogen-bond donors (Lipinski definition) is 1. The molecule has 2 aromatic heterocycles. The van der Waals surface area contributed by atoms with E-state index in [2.05, 4.69) is 22.1 Å². The lowest BCUT2D eigenvalue weighted by Gasteiger charge is -2.27. The molecule has 0 aliphatic carbocycles. The second-order valence-electron chi connectivity index (χ2n) is 9.23. The molecule has 0 unspecified atom stereocenters. The van der Waals surface area contributed by atoms with E-state index in [1.165, 1.54) is 32.1 Å². The van der Waals surface area contributed by atoms with Gasteiger partial charge in [0.1, 0.15) is 11.6 Å². The Hall–Kier alpha value is -2.47. The molecule has 3 heterocycles. The first-order valence-corrected chi connectivity index (χ1v) is 13.4. The number of nitrogens with one attached hydrogen (secondary N) is 1. The minimum atomic E-state index is 0.715. The number of nitrogens with zero attached hydrogens (tertiary/aromatic N) is 5. The molecule has 1 aliphatic rings. The predicted molar refractivity (Wildman–Crippen MR) is 142 cm³/mol. The van der Waals surface area contributed by atoms with Crippen LogP contribution in [-0.2, 0) is 12.8 Å². The standard InChI is InChI=1S/C27H37ClN6/c1-2-3-6-11-25-31-26(33-27(32-25)34-18-9-5-10-19-34)12-7-4-8-16-29-23-15-17-30-24-20-21(28)13-14-22(23)24/h13-15,17,20H,2-12,16,18-19H2,1H3,(H,29,30). The molecule has 3 aromatic rings. The van der Waals surface area contributed by atoms with Crippen molar-refractivity contribution in [2.45, 2.75) is 77.6 Å². The highest BCUT2D eigenvalue weighted by molar-refractivity contribution is 6.31. The van der Waals surface area contributed by atoms with Gasteiger partial charge in [0.15, 0.2) is 0 Å². The van der Waals surface area contributed by atoms with E-state index < -0.39 is 0 Å². The zero-order chi connectivity index (χ0) is 23.6. The summed E-state index contributed by atoms with van der Waals surface area (Å²) in [6.45, 7) is 5.30. The Morgan fingerprint density at radius 1 is 0.882 bits per heavy atom. The summed E-state index contributed by atoms with van der Waals surface area (Å²) < 4.78 is 0. The third-order valence-electron chi connectivity index (χ3n) is 6.46. The molecule has 0 saturated carbocycles. The Kier molecular flexibility index (Phi) is 9.31. The summed E-state index contributed by atoms with van der Waals surface area (Å²) in [6.07, 6.45) is 14.4. The van der Waals surface area contributed by atoms with Gasteiger partial charge in [0.2, 0.25) is 5.95 Å². The molecule has 1 aromatic carbocycles. The van der Waals surface area contributed by atoms with E-state index in [1.54, 1.807) is 0 Å². The second-order valence-corrected chi connectivity index (χ2v) is 9.67. The van der Waals surface area contributed by atoms with Crippen molar-refractivity contribution in [3.63, 3.8) is 0 Å². The van der Waals surface area contributed by atoms with E-state index in [9.17, 15) is 0 Å². The van der Waals surface area contributed by atoms with Gasteiger partial charge in [-0.15, -0.1) is 0 Å². The van der Waals surface area contributed by atoms with E-state index in [-0.39, 0.29) is 0 Å². The molecular weight excluding hydrogens is 444 g/mol. The maximum absolute atomic E-state index is 6.10. The van der Waals surface area contributed by atoms with Crippen LogP contribution in [0.4, 0.5) is 11.6 Å². The van der Waals surface area contributed by atoms with E-state index in [1.807, 2.05) is 30.5 Å². The molecule has 0 amide bonds. The zero-order valence-corrected chi connectivity index (χ0v) is 21.2. The minimum absolute atomic E-state index is 0.715. The van der Waals surface area contributed by atoms with Crippen molar-refractivity contribution in [1.82, 2.24) is 19.9 Å². The topological polar surface area (TPSA) is 66.8 Å². The predicted octanol–water partition coefficient (Wildman–Crippen LogP) is 6.62. The number of halogens is 1. The second kappa shape index (κ2) is 12.8. The van der Waals surface area contributed by atoms with Crippen molar-refractivity contribution in [3.8, 4) is 0 Å². The van der Waals surface area contributed by atoms with Crippen LogP contribution < -0.4 is 10.2 Å². The SMILES string of the molecule is CCCCCc1nc(CCCCCNc2ccnc3cc(Cl)ccc23)nc(N2CCCCC2)n1. The summed E-state index contributed by atoms with van der Waals surface area (Å²) in [7, 11) is 0. The normalized spacial score (nSPS) is 14.0. The van der Waals surface area contributed by atoms with Crippen molar-refractivity contribution >= 4 is 34.1 Å². The number of fused-ring (bicyclic) bond motifs is 1. The summed E-state index contributed by atoms with van der Waals surface area (Å²) in [5.74, 6) is 2.85. The average molecular weight is 481 g/mol. The third kappa shape index (κ3) is 7.02. The van der Waals surface area contributed by atoms with Gasteiger partial charge in [-0.05, 0) is 62.8 Å². The van der Waals surface area contributed by atoms with E-state index in [0.717, 1.165) is 92.3 Å². The first kappa shape index (κ1) is 24.6. The summed E-state index contributed by atoms with van der Waals surface area (Å²) in [6, 6.07) is 7.89. The van der Waals surface area contributed by atoms with Crippen LogP contribution in [-0.4, -0.2) is 39.6 Å². The van der Waals surface area contributed by atoms with Crippen LogP contribution in [0.1, 0.15) is 76.4 Å². The van der Waals surface area contributed by atoms with E-state index in [4.69, 9.17) is 26.6 Å². The van der Waals surface area contributed by atoms with E-state index in [0.29, 0.717) is 5.02 Å². The van der Waals surface area contributed by atoms with Crippen LogP contribution in [0, 0.1) is 0 Å². The van der Waals surface area contributed by atoms with Gasteiger partial charge in [-0.2, -0.15) is 9.97 Å². The number of unbranched alkanes of at least 4 members (excludes halogenated alkanes) is 4. The van der Waals surface area contributed by atoms with Gasteiger partial charge in [-0.1, -0.05) is 37.8 Å². The van der Waals surface area contributed by atoms with Crippen molar-refractivity contribution in [2.75, 3.05) is 29.9 Å². The highest BCUT2D eigenvalue weighted by atomic mass is 35.5. The van der Waals surface area contributed by atoms with Gasteiger partial charge < -0.3 is 10.2 Å². The van der Waals surface area contributed by atoms with Gasteiger partial charge in [-0.3, -0.25) is 4.98 Å². The minimum Gasteiger partial charge on any atom is -0.384 e. The first-order chi connectivity index (χ1) is 16.7. The molecule has 0 radical (unpaired) electrons. The molecule has 34 heavy (non-hydrogen) atoms. The highest BCUT2D eigenvalue weighted by Gasteiger charge is 2.16. The Morgan fingerprint density at radius 3 is 2.41 bits per heavy atom. The lowest BCUT2D eigenvalue weighted by molar-refractivity contribution is 0.561. The van der Waals surface area contributed by atoms with Gasteiger partial charge in [0, 0.05) is 54.8 Å². The van der Waals surface area contributed by atoms with Crippen molar-refractivity contribution in [2.24, 2.45) is 0 Å². The molecule has 182 valence electrons. The van der Waals surface area contributed by atoms with Crippen LogP contribution in [0.25, 0.3) is 10.9 Å². The number of aryl methyl sites for hydroxylation is 2. The summed E-state index contributed by atoms with van der Waals surface area (Å²) in [5, 5.41) is 5.39. The number of hydrogen-bond acceptors (Lipinski definition) is 6. The highest BCUT2D eigenvalue weighted by Crippen LogP contribution is 2.24. The Labute approximate surface area is 208 Å². The number of anilines is 2. The monoisotopic (exact) mass is 480 g/mol. The van der Waals surface area contributed by atoms with E-state index >= 15 is 0 Å². The Bertz CT molecular complexity index is 1050. The fraction of sp³-hybridized carbons (Fsp3) is 0.556. The van der Waals surface area contributed by atoms with Crippen LogP contribution in [0.5, 0.6) is 0 Å². The summed E-state index contributed by atoms with van der Waals surface area (Å²) in [4.78, 5) is 21.3. The van der Waals surface area contributed by atoms with Gasteiger partial charge in [0.05, 0.1) is 5.52 Å². The smallest absolute Gasteiger partial charge is 0.228 e. The molecule has 0 bridgehead atoms. The molecule has 0 spiro atoms. The number of piperidine rings is 1. The maximum Gasteiger partial charge on any atom is 0.228 e. The zero-order valence-electron chi connectivity index (χ0n) is 20.4. The fourth-order valence-electron chi connectivity index (χ4n) is 4.53. The molecule has 1 saturated heterocycles. The van der Waals surface area contributed by atoms with Gasteiger partial charge >= 0.3 is 0 Å². The fourth-order valence-corrected chi connectivity index (χ4v) is 4.70. The summed E-state index contributed by atoms with van der Waals surface area (Å²) in [5.41, 5.74) is 2.04. The Balaban J connectivity index is 1.28. The molecular formula is C27H37ClN6. The number of pyridine rings is 1. The van der Waals surface area contributed by atoms with Crippen LogP contribution in [0.15, 0.2) is 30.5 Å². The molecule has 1 fully saturated rings. The largest absolute Gasteiger partial charge is 0.384 e. The maximum atomic E-state index is 6.10. The number of aromatic nitrogens is 4. The average Bonchev–Trinajstić information content (AvgIpc) is 2.86. The van der Waals surface area contributed by atoms with Gasteiger partial charge in [0.25, 0.3) is 0 Å². The number of rotatable bonds is 12. The number of benzene rings is 1. The lowest BCUT2D eigenvalue weighted by atomic mass is 10.1. The van der Waals surface area contributed by atoms with Crippen molar-refractivity contribution < 1.29 is 0 Å². The Morgan fingerprint density at radius 2 is 1.65 bits per heavy atom. The van der Waals surface area contributed by atoms with Crippen LogP contribution in [0.2, 0.25) is 5.02 Å². The first-order valence-electron chi connectivity index (χ1n) is 13.0. The van der Waals surface area contributed by atoms with Crippen molar-refractivity contribution in [1.29, 1.82) is 0 Å². The lowest BCUT2D eigenvalue weighted by Crippen LogP contribution is -2.31.